The molecule has 0 aliphatic carbocycles. The van der Waals surface area contributed by atoms with E-state index in [0.717, 1.165) is 11.0 Å². The first kappa shape index (κ1) is 15.1. The van der Waals surface area contributed by atoms with E-state index in [9.17, 15) is 4.79 Å². The van der Waals surface area contributed by atoms with Crippen LogP contribution in [0.1, 0.15) is 13.3 Å². The van der Waals surface area contributed by atoms with E-state index in [1.165, 1.54) is 0 Å². The van der Waals surface area contributed by atoms with Crippen LogP contribution in [0.15, 0.2) is 12.2 Å². The number of likely N-dealkylation sites (N-methyl/N-ethyl adjacent to an activating group) is 1. The van der Waals surface area contributed by atoms with E-state index in [4.69, 9.17) is 9.47 Å². The van der Waals surface area contributed by atoms with Gasteiger partial charge in [0.2, 0.25) is 0 Å². The predicted octanol–water partition coefficient (Wildman–Crippen LogP) is 1.38. The second kappa shape index (κ2) is 7.41. The zero-order chi connectivity index (χ0) is 12.6. The highest BCUT2D eigenvalue weighted by molar-refractivity contribution is 5.86. The van der Waals surface area contributed by atoms with Gasteiger partial charge < -0.3 is 14.0 Å². The fraction of sp³-hybridized carbons (Fsp3) is 0.667. The summed E-state index contributed by atoms with van der Waals surface area (Å²) in [5.74, 6) is -0.338. The first-order valence-corrected chi connectivity index (χ1v) is 5.39. The van der Waals surface area contributed by atoms with Gasteiger partial charge in [-0.3, -0.25) is 0 Å². The Kier molecular flexibility index (Phi) is 7.01. The van der Waals surface area contributed by atoms with Crippen molar-refractivity contribution in [2.24, 2.45) is 0 Å². The first-order chi connectivity index (χ1) is 7.33. The maximum atomic E-state index is 11.0. The minimum atomic E-state index is -0.338. The maximum absolute atomic E-state index is 11.0. The molecule has 0 amide bonds. The Morgan fingerprint density at radius 1 is 1.31 bits per heavy atom. The second-order valence-electron chi connectivity index (χ2n) is 4.78. The van der Waals surface area contributed by atoms with Crippen molar-refractivity contribution in [2.75, 3.05) is 40.9 Å². The highest BCUT2D eigenvalue weighted by Crippen LogP contribution is 1.96. The third-order valence-corrected chi connectivity index (χ3v) is 1.73. The maximum Gasteiger partial charge on any atom is 0.333 e. The van der Waals surface area contributed by atoms with E-state index >= 15 is 0 Å². The fourth-order valence-electron chi connectivity index (χ4n) is 0.790. The minimum Gasteiger partial charge on any atom is -0.462 e. The summed E-state index contributed by atoms with van der Waals surface area (Å²) in [5, 5.41) is 0. The van der Waals surface area contributed by atoms with E-state index in [2.05, 4.69) is 27.7 Å². The lowest BCUT2D eigenvalue weighted by Crippen LogP contribution is -2.35. The summed E-state index contributed by atoms with van der Waals surface area (Å²) >= 11 is 0. The van der Waals surface area contributed by atoms with E-state index in [-0.39, 0.29) is 5.97 Å². The summed E-state index contributed by atoms with van der Waals surface area (Å²) in [5.41, 5.74) is 0.428. The molecule has 0 bridgehead atoms. The summed E-state index contributed by atoms with van der Waals surface area (Å²) in [6.45, 7) is 8.73. The van der Waals surface area contributed by atoms with Gasteiger partial charge in [-0.2, -0.15) is 0 Å². The number of ether oxygens (including phenoxy) is 2. The zero-order valence-electron chi connectivity index (χ0n) is 10.8. The molecular formula is C12H23NO3+. The molecule has 0 aromatic carbocycles. The number of nitrogens with zero attached hydrogens (tertiary/aromatic N) is 1. The quantitative estimate of drug-likeness (QED) is 0.273. The van der Waals surface area contributed by atoms with Gasteiger partial charge in [0, 0.05) is 12.0 Å². The van der Waals surface area contributed by atoms with Gasteiger partial charge >= 0.3 is 5.97 Å². The SMILES string of the molecule is C=C(C)C(=O)OCCCO[CH]C[N+](C)(C)C. The van der Waals surface area contributed by atoms with Gasteiger partial charge in [0.25, 0.3) is 0 Å². The lowest BCUT2D eigenvalue weighted by molar-refractivity contribution is -0.867. The topological polar surface area (TPSA) is 35.5 Å². The molecule has 0 atom stereocenters. The Hall–Kier alpha value is -0.870. The molecule has 0 aromatic rings. The fourth-order valence-corrected chi connectivity index (χ4v) is 0.790. The van der Waals surface area contributed by atoms with Gasteiger partial charge in [-0.05, 0) is 6.92 Å². The highest BCUT2D eigenvalue weighted by atomic mass is 16.5. The number of rotatable bonds is 8. The average molecular weight is 229 g/mol. The number of hydrogen-bond acceptors (Lipinski definition) is 3. The van der Waals surface area contributed by atoms with Crippen LogP contribution in [0.25, 0.3) is 0 Å². The second-order valence-corrected chi connectivity index (χ2v) is 4.78. The van der Waals surface area contributed by atoms with Crippen molar-refractivity contribution >= 4 is 5.97 Å². The monoisotopic (exact) mass is 229 g/mol. The molecule has 4 heteroatoms. The minimum absolute atomic E-state index is 0.338. The van der Waals surface area contributed by atoms with Crippen molar-refractivity contribution in [3.05, 3.63) is 18.8 Å². The van der Waals surface area contributed by atoms with Gasteiger partial charge in [-0.1, -0.05) is 6.58 Å². The van der Waals surface area contributed by atoms with Gasteiger partial charge in [-0.15, -0.1) is 0 Å². The predicted molar refractivity (Wildman–Crippen MR) is 63.5 cm³/mol. The summed E-state index contributed by atoms with van der Waals surface area (Å²) in [6, 6.07) is 0. The Labute approximate surface area is 98.4 Å². The van der Waals surface area contributed by atoms with E-state index in [1.807, 2.05) is 0 Å². The summed E-state index contributed by atoms with van der Waals surface area (Å²) in [7, 11) is 6.28. The van der Waals surface area contributed by atoms with Crippen molar-refractivity contribution in [3.8, 4) is 0 Å². The summed E-state index contributed by atoms with van der Waals surface area (Å²) < 4.78 is 11.1. The average Bonchev–Trinajstić information content (AvgIpc) is 2.14. The summed E-state index contributed by atoms with van der Waals surface area (Å²) in [4.78, 5) is 11.0. The molecule has 0 N–H and O–H groups in total. The van der Waals surface area contributed by atoms with Crippen molar-refractivity contribution < 1.29 is 18.8 Å². The van der Waals surface area contributed by atoms with Crippen LogP contribution in [0, 0.1) is 6.61 Å². The molecule has 0 aromatic heterocycles. The van der Waals surface area contributed by atoms with Gasteiger partial charge in [-0.25, -0.2) is 4.79 Å². The normalized spacial score (nSPS) is 11.2. The number of carbonyl (C=O) groups excluding carboxylic acids is 1. The van der Waals surface area contributed by atoms with Crippen LogP contribution >= 0.6 is 0 Å². The first-order valence-electron chi connectivity index (χ1n) is 5.39. The molecule has 16 heavy (non-hydrogen) atoms. The van der Waals surface area contributed by atoms with Crippen LogP contribution < -0.4 is 0 Å². The Bertz CT molecular complexity index is 231. The molecule has 0 rings (SSSR count). The largest absolute Gasteiger partial charge is 0.462 e. The van der Waals surface area contributed by atoms with Crippen LogP contribution in [-0.4, -0.2) is 51.4 Å². The molecule has 0 spiro atoms. The number of esters is 1. The zero-order valence-corrected chi connectivity index (χ0v) is 10.8. The number of quaternary nitrogens is 1. The molecule has 93 valence electrons. The van der Waals surface area contributed by atoms with Crippen molar-refractivity contribution in [1.29, 1.82) is 0 Å². The molecule has 0 aliphatic rings. The Morgan fingerprint density at radius 3 is 2.44 bits per heavy atom. The van der Waals surface area contributed by atoms with Crippen molar-refractivity contribution in [2.45, 2.75) is 13.3 Å². The molecule has 0 heterocycles. The lowest BCUT2D eigenvalue weighted by atomic mass is 10.4. The van der Waals surface area contributed by atoms with Crippen LogP contribution in [0.3, 0.4) is 0 Å². The van der Waals surface area contributed by atoms with Crippen molar-refractivity contribution in [3.63, 3.8) is 0 Å². The van der Waals surface area contributed by atoms with Gasteiger partial charge in [0.05, 0.1) is 34.4 Å². The highest BCUT2D eigenvalue weighted by Gasteiger charge is 2.06. The van der Waals surface area contributed by atoms with Crippen LogP contribution in [-0.2, 0) is 14.3 Å². The third kappa shape index (κ3) is 9.68. The molecule has 1 radical (unpaired) electrons. The Balaban J connectivity index is 3.29. The molecule has 0 saturated heterocycles. The molecule has 0 fully saturated rings. The van der Waals surface area contributed by atoms with E-state index in [1.54, 1.807) is 13.5 Å². The molecule has 0 aliphatic heterocycles. The van der Waals surface area contributed by atoms with E-state index < -0.39 is 0 Å². The van der Waals surface area contributed by atoms with Crippen LogP contribution in [0.4, 0.5) is 0 Å². The lowest BCUT2D eigenvalue weighted by Gasteiger charge is -2.23. The number of hydrogen-bond donors (Lipinski definition) is 0. The van der Waals surface area contributed by atoms with Gasteiger partial charge in [0.1, 0.15) is 13.2 Å². The molecule has 4 nitrogen and oxygen atoms in total. The van der Waals surface area contributed by atoms with E-state index in [0.29, 0.717) is 25.2 Å². The molecule has 0 saturated carbocycles. The molecule has 0 unspecified atom stereocenters. The summed E-state index contributed by atoms with van der Waals surface area (Å²) in [6.07, 6.45) is 0.701. The standard InChI is InChI=1S/C12H23NO3/c1-11(2)12(14)16-9-6-8-15-10-7-13(3,4)5/h10H,1,6-9H2,2-5H3/q+1. The van der Waals surface area contributed by atoms with Crippen LogP contribution in [0.5, 0.6) is 0 Å². The van der Waals surface area contributed by atoms with Gasteiger partial charge in [0.15, 0.2) is 0 Å². The Morgan fingerprint density at radius 2 is 1.94 bits per heavy atom. The third-order valence-electron chi connectivity index (χ3n) is 1.73. The number of carbonyl (C=O) groups is 1. The van der Waals surface area contributed by atoms with Crippen LogP contribution in [0.2, 0.25) is 0 Å². The molecular weight excluding hydrogens is 206 g/mol. The van der Waals surface area contributed by atoms with Crippen molar-refractivity contribution in [1.82, 2.24) is 0 Å². The smallest absolute Gasteiger partial charge is 0.333 e.